The fourth-order valence-electron chi connectivity index (χ4n) is 3.37. The molecule has 0 aliphatic heterocycles. The van der Waals surface area contributed by atoms with Gasteiger partial charge in [-0.1, -0.05) is 36.4 Å². The molecule has 8 nitrogen and oxygen atoms in total. The molecule has 4 aromatic rings. The van der Waals surface area contributed by atoms with E-state index in [2.05, 4.69) is 26.8 Å². The van der Waals surface area contributed by atoms with Gasteiger partial charge >= 0.3 is 0 Å². The van der Waals surface area contributed by atoms with Crippen molar-refractivity contribution in [1.82, 2.24) is 14.9 Å². The second-order valence-corrected chi connectivity index (χ2v) is 9.66. The van der Waals surface area contributed by atoms with Gasteiger partial charge in [0.15, 0.2) is 0 Å². The van der Waals surface area contributed by atoms with Crippen LogP contribution in [0.4, 0.5) is 5.69 Å². The number of benzene rings is 3. The van der Waals surface area contributed by atoms with Crippen LogP contribution in [0, 0.1) is 6.92 Å². The summed E-state index contributed by atoms with van der Waals surface area (Å²) in [5, 5.41) is 11.1. The van der Waals surface area contributed by atoms with Gasteiger partial charge < -0.3 is 9.73 Å². The van der Waals surface area contributed by atoms with Crippen molar-refractivity contribution in [3.05, 3.63) is 102 Å². The Balaban J connectivity index is 1.40. The number of hydrogen-bond donors (Lipinski definition) is 2. The van der Waals surface area contributed by atoms with Crippen LogP contribution < -0.4 is 10.0 Å². The van der Waals surface area contributed by atoms with E-state index in [1.165, 1.54) is 6.08 Å². The molecule has 0 radical (unpaired) electrons. The van der Waals surface area contributed by atoms with Gasteiger partial charge in [-0.15, -0.1) is 16.8 Å². The first-order valence-corrected chi connectivity index (χ1v) is 12.5. The average molecular weight is 489 g/mol. The van der Waals surface area contributed by atoms with Crippen molar-refractivity contribution in [2.75, 3.05) is 11.9 Å². The fraction of sp³-hybridized carbons (Fsp3) is 0.115. The summed E-state index contributed by atoms with van der Waals surface area (Å²) in [6.07, 6.45) is 1.48. The first-order valence-electron chi connectivity index (χ1n) is 10.8. The summed E-state index contributed by atoms with van der Waals surface area (Å²) in [4.78, 5) is 12.6. The van der Waals surface area contributed by atoms with Gasteiger partial charge in [-0.25, -0.2) is 13.1 Å². The molecule has 4 rings (SSSR count). The zero-order valence-electron chi connectivity index (χ0n) is 19.1. The van der Waals surface area contributed by atoms with E-state index in [1.54, 1.807) is 48.5 Å². The Bertz CT molecular complexity index is 1440. The van der Waals surface area contributed by atoms with Gasteiger partial charge in [0.2, 0.25) is 21.8 Å². The zero-order valence-corrected chi connectivity index (χ0v) is 19.9. The summed E-state index contributed by atoms with van der Waals surface area (Å²) in [5.41, 5.74) is 4.22. The Morgan fingerprint density at radius 3 is 2.34 bits per heavy atom. The van der Waals surface area contributed by atoms with Crippen molar-refractivity contribution in [1.29, 1.82) is 0 Å². The maximum atomic E-state index is 12.6. The third kappa shape index (κ3) is 6.08. The van der Waals surface area contributed by atoms with Crippen molar-refractivity contribution in [2.24, 2.45) is 0 Å². The van der Waals surface area contributed by atoms with Crippen LogP contribution in [0.3, 0.4) is 0 Å². The van der Waals surface area contributed by atoms with Crippen molar-refractivity contribution < 1.29 is 17.6 Å². The van der Waals surface area contributed by atoms with E-state index in [9.17, 15) is 13.2 Å². The number of amides is 1. The number of rotatable bonds is 9. The van der Waals surface area contributed by atoms with E-state index in [0.717, 1.165) is 11.1 Å². The second-order valence-electron chi connectivity index (χ2n) is 7.85. The minimum Gasteiger partial charge on any atom is -0.416 e. The largest absolute Gasteiger partial charge is 0.416 e. The highest BCUT2D eigenvalue weighted by Crippen LogP contribution is 2.26. The number of sulfonamides is 1. The summed E-state index contributed by atoms with van der Waals surface area (Å²) in [7, 11) is -3.45. The Morgan fingerprint density at radius 2 is 1.66 bits per heavy atom. The van der Waals surface area contributed by atoms with Crippen LogP contribution in [0.2, 0.25) is 0 Å². The minimum absolute atomic E-state index is 0.155. The number of aryl methyl sites for hydroxylation is 1. The Kier molecular flexibility index (Phi) is 7.19. The molecule has 9 heteroatoms. The number of carbonyl (C=O) groups excluding carboxylic acids is 1. The van der Waals surface area contributed by atoms with Crippen LogP contribution >= 0.6 is 0 Å². The number of carbonyl (C=O) groups is 1. The molecule has 1 amide bonds. The van der Waals surface area contributed by atoms with Crippen LogP contribution in [-0.4, -0.2) is 31.1 Å². The molecule has 0 aliphatic rings. The van der Waals surface area contributed by atoms with Crippen LogP contribution in [0.5, 0.6) is 0 Å². The predicted molar refractivity (Wildman–Crippen MR) is 135 cm³/mol. The molecule has 0 saturated heterocycles. The van der Waals surface area contributed by atoms with E-state index >= 15 is 0 Å². The summed E-state index contributed by atoms with van der Waals surface area (Å²) in [5.74, 6) is 0.351. The van der Waals surface area contributed by atoms with Crippen molar-refractivity contribution >= 4 is 21.6 Å². The molecule has 1 aromatic heterocycles. The number of hydrogen-bond acceptors (Lipinski definition) is 6. The molecular formula is C26H24N4O4S. The lowest BCUT2D eigenvalue weighted by molar-refractivity contribution is 0.102. The third-order valence-electron chi connectivity index (χ3n) is 5.21. The highest BCUT2D eigenvalue weighted by Gasteiger charge is 2.14. The summed E-state index contributed by atoms with van der Waals surface area (Å²) < 4.78 is 32.2. The number of nitrogens with zero attached hydrogens (tertiary/aromatic N) is 2. The van der Waals surface area contributed by atoms with Gasteiger partial charge in [-0.2, -0.15) is 0 Å². The molecule has 0 bridgehead atoms. The second kappa shape index (κ2) is 10.5. The minimum atomic E-state index is -3.45. The van der Waals surface area contributed by atoms with Crippen LogP contribution in [0.15, 0.2) is 89.9 Å². The molecule has 3 aromatic carbocycles. The molecule has 178 valence electrons. The maximum Gasteiger partial charge on any atom is 0.255 e. The Morgan fingerprint density at radius 1 is 0.971 bits per heavy atom. The maximum absolute atomic E-state index is 12.6. The lowest BCUT2D eigenvalue weighted by Gasteiger charge is -2.08. The third-order valence-corrected chi connectivity index (χ3v) is 6.53. The van der Waals surface area contributed by atoms with Gasteiger partial charge in [-0.05, 0) is 60.5 Å². The number of nitrogens with one attached hydrogen (secondary N) is 2. The Hall–Kier alpha value is -4.08. The van der Waals surface area contributed by atoms with Gasteiger partial charge in [0.25, 0.3) is 5.91 Å². The topological polar surface area (TPSA) is 114 Å². The molecule has 0 spiro atoms. The van der Waals surface area contributed by atoms with Crippen molar-refractivity contribution in [3.8, 4) is 22.9 Å². The first-order chi connectivity index (χ1) is 16.8. The van der Waals surface area contributed by atoms with Gasteiger partial charge in [0.05, 0.1) is 5.75 Å². The number of anilines is 1. The van der Waals surface area contributed by atoms with E-state index in [0.29, 0.717) is 34.2 Å². The zero-order chi connectivity index (χ0) is 24.8. The molecule has 0 unspecified atom stereocenters. The van der Waals surface area contributed by atoms with E-state index in [-0.39, 0.29) is 18.2 Å². The van der Waals surface area contributed by atoms with Crippen LogP contribution in [0.25, 0.3) is 22.9 Å². The summed E-state index contributed by atoms with van der Waals surface area (Å²) in [6.45, 7) is 5.64. The number of aromatic nitrogens is 2. The summed E-state index contributed by atoms with van der Waals surface area (Å²) in [6, 6.07) is 21.2. The molecular weight excluding hydrogens is 464 g/mol. The lowest BCUT2D eigenvalue weighted by Crippen LogP contribution is -2.25. The molecule has 1 heterocycles. The molecule has 0 saturated carbocycles. The standard InChI is InChI=1S/C26H24N4O4S/c1-3-16-27-35(32,33)17-19-8-14-22(15-9-19)28-24(31)20-10-12-21(13-11-20)25-29-30-26(34-25)23-7-5-4-6-18(23)2/h3-15,27H,1,16-17H2,2H3,(H,28,31). The lowest BCUT2D eigenvalue weighted by atomic mass is 10.1. The van der Waals surface area contributed by atoms with E-state index in [1.807, 2.05) is 31.2 Å². The highest BCUT2D eigenvalue weighted by atomic mass is 32.2. The molecule has 0 atom stereocenters. The van der Waals surface area contributed by atoms with Crippen LogP contribution in [-0.2, 0) is 15.8 Å². The van der Waals surface area contributed by atoms with Crippen molar-refractivity contribution in [3.63, 3.8) is 0 Å². The SMILES string of the molecule is C=CCNS(=O)(=O)Cc1ccc(NC(=O)c2ccc(-c3nnc(-c4ccccc4C)o3)cc2)cc1. The van der Waals surface area contributed by atoms with Gasteiger partial charge in [0, 0.05) is 28.9 Å². The molecule has 35 heavy (non-hydrogen) atoms. The van der Waals surface area contributed by atoms with Crippen LogP contribution in [0.1, 0.15) is 21.5 Å². The van der Waals surface area contributed by atoms with Gasteiger partial charge in [-0.3, -0.25) is 4.79 Å². The van der Waals surface area contributed by atoms with E-state index in [4.69, 9.17) is 4.42 Å². The Labute approximate surface area is 203 Å². The van der Waals surface area contributed by atoms with Gasteiger partial charge in [0.1, 0.15) is 0 Å². The molecule has 0 fully saturated rings. The monoisotopic (exact) mass is 488 g/mol. The normalized spacial score (nSPS) is 11.2. The molecule has 0 aliphatic carbocycles. The van der Waals surface area contributed by atoms with E-state index < -0.39 is 10.0 Å². The average Bonchev–Trinajstić information content (AvgIpc) is 3.34. The quantitative estimate of drug-likeness (QED) is 0.334. The summed E-state index contributed by atoms with van der Waals surface area (Å²) >= 11 is 0. The first kappa shape index (κ1) is 24.1. The fourth-order valence-corrected chi connectivity index (χ4v) is 4.47. The molecule has 2 N–H and O–H groups in total. The highest BCUT2D eigenvalue weighted by molar-refractivity contribution is 7.88. The smallest absolute Gasteiger partial charge is 0.255 e. The van der Waals surface area contributed by atoms with Crippen molar-refractivity contribution in [2.45, 2.75) is 12.7 Å². The predicted octanol–water partition coefficient (Wildman–Crippen LogP) is 4.57.